The second-order valence-electron chi connectivity index (χ2n) is 5.18. The van der Waals surface area contributed by atoms with Crippen molar-refractivity contribution in [3.8, 4) is 0 Å². The first-order chi connectivity index (χ1) is 9.65. The summed E-state index contributed by atoms with van der Waals surface area (Å²) in [6, 6.07) is 4.66. The lowest BCUT2D eigenvalue weighted by Gasteiger charge is -2.22. The summed E-state index contributed by atoms with van der Waals surface area (Å²) >= 11 is 1.43. The molecule has 1 saturated carbocycles. The van der Waals surface area contributed by atoms with E-state index < -0.39 is 0 Å². The van der Waals surface area contributed by atoms with Crippen molar-refractivity contribution in [2.45, 2.75) is 49.5 Å². The van der Waals surface area contributed by atoms with Crippen LogP contribution in [-0.4, -0.2) is 17.7 Å². The molecule has 2 rings (SSSR count). The second-order valence-corrected chi connectivity index (χ2v) is 6.32. The van der Waals surface area contributed by atoms with Crippen molar-refractivity contribution in [2.24, 2.45) is 0 Å². The average Bonchev–Trinajstić information content (AvgIpc) is 2.44. The summed E-state index contributed by atoms with van der Waals surface area (Å²) in [6.07, 6.45) is 6.32. The molecule has 1 aromatic rings. The topological polar surface area (TPSA) is 55.1 Å². The summed E-state index contributed by atoms with van der Waals surface area (Å²) in [5.74, 6) is 0.402. The number of thioether (sulfide) groups is 1. The Kier molecular flexibility index (Phi) is 5.71. The van der Waals surface area contributed by atoms with E-state index in [0.717, 1.165) is 12.8 Å². The van der Waals surface area contributed by atoms with Crippen LogP contribution in [0, 0.1) is 5.82 Å². The molecule has 1 amide bonds. The number of halogens is 1. The van der Waals surface area contributed by atoms with Crippen LogP contribution < -0.4 is 11.1 Å². The molecule has 1 fully saturated rings. The van der Waals surface area contributed by atoms with Crippen molar-refractivity contribution in [3.63, 3.8) is 0 Å². The van der Waals surface area contributed by atoms with Crippen molar-refractivity contribution in [3.05, 3.63) is 24.0 Å². The molecule has 0 spiro atoms. The summed E-state index contributed by atoms with van der Waals surface area (Å²) in [5, 5.41) is 3.07. The minimum absolute atomic E-state index is 0.0828. The van der Waals surface area contributed by atoms with Crippen LogP contribution in [0.25, 0.3) is 0 Å². The number of amides is 1. The quantitative estimate of drug-likeness (QED) is 0.647. The number of nitrogen functional groups attached to an aromatic ring is 1. The number of nitrogens with two attached hydrogens (primary N) is 1. The molecule has 1 aromatic carbocycles. The highest BCUT2D eigenvalue weighted by Gasteiger charge is 2.15. The zero-order valence-corrected chi connectivity index (χ0v) is 12.3. The Morgan fingerprint density at radius 1 is 1.35 bits per heavy atom. The number of hydrogen-bond donors (Lipinski definition) is 2. The van der Waals surface area contributed by atoms with E-state index in [4.69, 9.17) is 5.73 Å². The maximum atomic E-state index is 13.1. The Labute approximate surface area is 123 Å². The lowest BCUT2D eigenvalue weighted by molar-refractivity contribution is -0.121. The molecule has 0 bridgehead atoms. The van der Waals surface area contributed by atoms with E-state index in [9.17, 15) is 9.18 Å². The standard InChI is InChI=1S/C15H21FN2OS/c16-11-6-7-13(17)14(10-11)20-9-8-15(19)18-12-4-2-1-3-5-12/h6-7,10,12H,1-5,8-9,17H2,(H,18,19). The van der Waals surface area contributed by atoms with Crippen molar-refractivity contribution in [2.75, 3.05) is 11.5 Å². The van der Waals surface area contributed by atoms with Gasteiger partial charge in [0.2, 0.25) is 5.91 Å². The number of carbonyl (C=O) groups is 1. The van der Waals surface area contributed by atoms with Crippen LogP contribution in [0.5, 0.6) is 0 Å². The first-order valence-corrected chi connectivity index (χ1v) is 8.11. The van der Waals surface area contributed by atoms with Crippen LogP contribution >= 0.6 is 11.8 Å². The minimum atomic E-state index is -0.298. The van der Waals surface area contributed by atoms with Gasteiger partial charge < -0.3 is 11.1 Å². The first kappa shape index (κ1) is 15.2. The number of carbonyl (C=O) groups excluding carboxylic acids is 1. The van der Waals surface area contributed by atoms with Crippen LogP contribution in [0.3, 0.4) is 0 Å². The average molecular weight is 296 g/mol. The van der Waals surface area contributed by atoms with Gasteiger partial charge >= 0.3 is 0 Å². The fourth-order valence-corrected chi connectivity index (χ4v) is 3.37. The Bertz CT molecular complexity index is 461. The van der Waals surface area contributed by atoms with E-state index in [1.54, 1.807) is 6.07 Å². The van der Waals surface area contributed by atoms with E-state index in [-0.39, 0.29) is 11.7 Å². The Hall–Kier alpha value is -1.23. The molecule has 1 aliphatic carbocycles. The lowest BCUT2D eigenvalue weighted by Crippen LogP contribution is -2.36. The molecular weight excluding hydrogens is 275 g/mol. The molecule has 0 aromatic heterocycles. The largest absolute Gasteiger partial charge is 0.398 e. The molecule has 0 aliphatic heterocycles. The van der Waals surface area contributed by atoms with Crippen LogP contribution in [0.4, 0.5) is 10.1 Å². The van der Waals surface area contributed by atoms with Crippen LogP contribution in [-0.2, 0) is 4.79 Å². The molecule has 3 N–H and O–H groups in total. The molecule has 0 atom stereocenters. The van der Waals surface area contributed by atoms with Crippen LogP contribution in [0.2, 0.25) is 0 Å². The molecule has 1 aliphatic rings. The molecule has 0 saturated heterocycles. The Balaban J connectivity index is 1.72. The highest BCUT2D eigenvalue weighted by Crippen LogP contribution is 2.26. The molecular formula is C15H21FN2OS. The van der Waals surface area contributed by atoms with Crippen molar-refractivity contribution in [1.29, 1.82) is 0 Å². The van der Waals surface area contributed by atoms with E-state index in [1.807, 2.05) is 0 Å². The van der Waals surface area contributed by atoms with Gasteiger partial charge in [-0.05, 0) is 31.0 Å². The molecule has 0 unspecified atom stereocenters. The summed E-state index contributed by atoms with van der Waals surface area (Å²) < 4.78 is 13.1. The van der Waals surface area contributed by atoms with Crippen LogP contribution in [0.15, 0.2) is 23.1 Å². The molecule has 5 heteroatoms. The van der Waals surface area contributed by atoms with Gasteiger partial charge in [-0.2, -0.15) is 0 Å². The van der Waals surface area contributed by atoms with Crippen molar-refractivity contribution < 1.29 is 9.18 Å². The lowest BCUT2D eigenvalue weighted by atomic mass is 9.95. The predicted molar refractivity (Wildman–Crippen MR) is 81.2 cm³/mol. The van der Waals surface area contributed by atoms with Crippen molar-refractivity contribution in [1.82, 2.24) is 5.32 Å². The number of hydrogen-bond acceptors (Lipinski definition) is 3. The van der Waals surface area contributed by atoms with Crippen molar-refractivity contribution >= 4 is 23.4 Å². The number of benzene rings is 1. The Morgan fingerprint density at radius 2 is 2.10 bits per heavy atom. The fraction of sp³-hybridized carbons (Fsp3) is 0.533. The van der Waals surface area contributed by atoms with Gasteiger partial charge in [-0.3, -0.25) is 4.79 Å². The maximum Gasteiger partial charge on any atom is 0.221 e. The number of anilines is 1. The van der Waals surface area contributed by atoms with Gasteiger partial charge in [-0.1, -0.05) is 19.3 Å². The molecule has 110 valence electrons. The van der Waals surface area contributed by atoms with Gasteiger partial charge in [0, 0.05) is 28.8 Å². The minimum Gasteiger partial charge on any atom is -0.398 e. The van der Waals surface area contributed by atoms with Crippen LogP contribution in [0.1, 0.15) is 38.5 Å². The monoisotopic (exact) mass is 296 g/mol. The van der Waals surface area contributed by atoms with E-state index in [1.165, 1.54) is 43.2 Å². The summed E-state index contributed by atoms with van der Waals surface area (Å²) in [6.45, 7) is 0. The van der Waals surface area contributed by atoms with Gasteiger partial charge in [0.15, 0.2) is 0 Å². The number of rotatable bonds is 5. The van der Waals surface area contributed by atoms with Gasteiger partial charge in [0.05, 0.1) is 0 Å². The zero-order valence-electron chi connectivity index (χ0n) is 11.5. The maximum absolute atomic E-state index is 13.1. The normalized spacial score (nSPS) is 16.1. The zero-order chi connectivity index (χ0) is 14.4. The molecule has 0 heterocycles. The highest BCUT2D eigenvalue weighted by atomic mass is 32.2. The summed E-state index contributed by atoms with van der Waals surface area (Å²) in [4.78, 5) is 12.5. The molecule has 3 nitrogen and oxygen atoms in total. The second kappa shape index (κ2) is 7.53. The van der Waals surface area contributed by atoms with Gasteiger partial charge in [-0.15, -0.1) is 11.8 Å². The van der Waals surface area contributed by atoms with Gasteiger partial charge in [0.1, 0.15) is 5.82 Å². The molecule has 20 heavy (non-hydrogen) atoms. The smallest absolute Gasteiger partial charge is 0.221 e. The number of nitrogens with one attached hydrogen (secondary N) is 1. The predicted octanol–water partition coefficient (Wildman–Crippen LogP) is 3.34. The van der Waals surface area contributed by atoms with E-state index >= 15 is 0 Å². The fourth-order valence-electron chi connectivity index (χ4n) is 2.43. The summed E-state index contributed by atoms with van der Waals surface area (Å²) in [5.41, 5.74) is 6.33. The SMILES string of the molecule is Nc1ccc(F)cc1SCCC(=O)NC1CCCCC1. The Morgan fingerprint density at radius 3 is 2.85 bits per heavy atom. The van der Waals surface area contributed by atoms with E-state index in [2.05, 4.69) is 5.32 Å². The van der Waals surface area contributed by atoms with Gasteiger partial charge in [0.25, 0.3) is 0 Å². The third-order valence-electron chi connectivity index (χ3n) is 3.53. The van der Waals surface area contributed by atoms with Gasteiger partial charge in [-0.25, -0.2) is 4.39 Å². The third-order valence-corrected chi connectivity index (χ3v) is 4.61. The first-order valence-electron chi connectivity index (χ1n) is 7.12. The highest BCUT2D eigenvalue weighted by molar-refractivity contribution is 7.99. The third kappa shape index (κ3) is 4.71. The summed E-state index contributed by atoms with van der Waals surface area (Å²) in [7, 11) is 0. The van der Waals surface area contributed by atoms with E-state index in [0.29, 0.717) is 28.8 Å². The molecule has 0 radical (unpaired) electrons.